The monoisotopic (exact) mass is 476 g/mol. The summed E-state index contributed by atoms with van der Waals surface area (Å²) in [6, 6.07) is 4.73. The number of hydrogen-bond donors (Lipinski definition) is 1. The van der Waals surface area contributed by atoms with Gasteiger partial charge < -0.3 is 20.1 Å². The zero-order chi connectivity index (χ0) is 13.3. The van der Waals surface area contributed by atoms with Crippen LogP contribution in [0.1, 0.15) is 5.56 Å². The van der Waals surface area contributed by atoms with Crippen LogP contribution in [0.5, 0.6) is 5.75 Å². The van der Waals surface area contributed by atoms with Crippen LogP contribution in [0, 0.1) is 0 Å². The van der Waals surface area contributed by atoms with Gasteiger partial charge in [0.2, 0.25) is 0 Å². The number of carboxylic acid groups (broad SMARTS) is 1. The zero-order valence-electron chi connectivity index (χ0n) is 9.48. The van der Waals surface area contributed by atoms with Crippen LogP contribution in [0.4, 0.5) is 0 Å². The van der Waals surface area contributed by atoms with E-state index in [0.29, 0.717) is 0 Å². The van der Waals surface area contributed by atoms with Crippen molar-refractivity contribution in [3.8, 4) is 5.75 Å². The molecule has 0 aromatic heterocycles. The number of aliphatic carboxylic acids is 1. The number of benzene rings is 1. The van der Waals surface area contributed by atoms with Crippen LogP contribution in [0.2, 0.25) is 0 Å². The van der Waals surface area contributed by atoms with E-state index in [9.17, 15) is 15.0 Å². The molecule has 1 aromatic carbocycles. The molecule has 0 saturated carbocycles. The van der Waals surface area contributed by atoms with Crippen molar-refractivity contribution in [2.24, 2.45) is 4.99 Å². The van der Waals surface area contributed by atoms with E-state index in [0.717, 1.165) is 6.21 Å². The van der Waals surface area contributed by atoms with Gasteiger partial charge in [0.1, 0.15) is 6.04 Å². The molecule has 0 bridgehead atoms. The Morgan fingerprint density at radius 2 is 2.06 bits per heavy atom. The summed E-state index contributed by atoms with van der Waals surface area (Å²) in [4.78, 5) is 13.9. The summed E-state index contributed by atoms with van der Waals surface area (Å²) in [6.07, 6.45) is 1.12. The van der Waals surface area contributed by atoms with E-state index in [4.69, 9.17) is 5.11 Å². The third-order valence-electron chi connectivity index (χ3n) is 1.76. The third-order valence-corrected chi connectivity index (χ3v) is 1.76. The molecule has 0 aliphatic heterocycles. The van der Waals surface area contributed by atoms with E-state index in [1.54, 1.807) is 30.9 Å². The first-order valence-electron chi connectivity index (χ1n) is 4.38. The summed E-state index contributed by atoms with van der Waals surface area (Å²) < 4.78 is 0. The van der Waals surface area contributed by atoms with Crippen LogP contribution in [-0.2, 0) is 23.6 Å². The molecule has 0 aliphatic rings. The normalized spacial score (nSPS) is 11.1. The fourth-order valence-electron chi connectivity index (χ4n) is 0.940. The standard InChI is InChI=1S/C10H11NO4.ClH.K.Pt/c12-6-8(10(14)15)11-5-7-3-1-2-4-9(7)13;;;/h1-5,8,12-13H,6H2,(H,14,15);1H;;/q;;+1;+2/p-3/t8-;;;/m0.../s1. The topological polar surface area (TPSA) is 95.8 Å². The number of carboxylic acids is 1. The van der Waals surface area contributed by atoms with Gasteiger partial charge in [0.15, 0.2) is 0 Å². The number of aliphatic hydroxyl groups is 1. The van der Waals surface area contributed by atoms with Crippen LogP contribution >= 0.6 is 9.42 Å². The van der Waals surface area contributed by atoms with Crippen molar-refractivity contribution < 1.29 is 90.3 Å². The van der Waals surface area contributed by atoms with Crippen LogP contribution in [0.25, 0.3) is 0 Å². The number of carbonyl (C=O) groups excluding carboxylic acids is 1. The smallest absolute Gasteiger partial charge is 1.00 e. The molecule has 0 spiro atoms. The van der Waals surface area contributed by atoms with Gasteiger partial charge in [-0.3, -0.25) is 4.99 Å². The van der Waals surface area contributed by atoms with E-state index in [1.807, 2.05) is 0 Å². The summed E-state index contributed by atoms with van der Waals surface area (Å²) in [7, 11) is 4.61. The largest absolute Gasteiger partial charge is 1.00 e. The predicted octanol–water partition coefficient (Wildman–Crippen LogP) is -4.02. The summed E-state index contributed by atoms with van der Waals surface area (Å²) >= 11 is 1.61. The fourth-order valence-corrected chi connectivity index (χ4v) is 0.940. The average Bonchev–Trinajstić information content (AvgIpc) is 2.34. The molecule has 1 N–H and O–H groups in total. The number of aliphatic hydroxyl groups excluding tert-OH is 1. The summed E-state index contributed by atoms with van der Waals surface area (Å²) in [5.74, 6) is -1.73. The molecule has 8 heteroatoms. The van der Waals surface area contributed by atoms with Gasteiger partial charge in [0, 0.05) is 6.21 Å². The van der Waals surface area contributed by atoms with E-state index < -0.39 is 18.6 Å². The summed E-state index contributed by atoms with van der Waals surface area (Å²) in [5, 5.41) is 30.2. The number of carbonyl (C=O) groups is 1. The molecule has 0 heterocycles. The number of aliphatic imine (C=N–C) groups is 1. The molecule has 0 radical (unpaired) electrons. The molecular formula is C10H9ClKNO4Pt. The number of rotatable bonds is 4. The molecule has 5 nitrogen and oxygen atoms in total. The van der Waals surface area contributed by atoms with Crippen molar-refractivity contribution in [1.82, 2.24) is 0 Å². The second kappa shape index (κ2) is 12.8. The minimum atomic E-state index is -1.47. The maximum absolute atomic E-state index is 11.2. The van der Waals surface area contributed by atoms with Gasteiger partial charge in [-0.25, -0.2) is 0 Å². The molecule has 0 amide bonds. The number of hydrogen-bond acceptors (Lipinski definition) is 5. The first kappa shape index (κ1) is 21.0. The number of halogens is 1. The van der Waals surface area contributed by atoms with Gasteiger partial charge in [0.25, 0.3) is 0 Å². The molecule has 18 heavy (non-hydrogen) atoms. The predicted molar refractivity (Wildman–Crippen MR) is 55.2 cm³/mol. The third kappa shape index (κ3) is 8.02. The second-order valence-corrected chi connectivity index (χ2v) is 2.83. The fraction of sp³-hybridized carbons (Fsp3) is 0.200. The summed E-state index contributed by atoms with van der Waals surface area (Å²) in [6.45, 7) is -0.653. The van der Waals surface area contributed by atoms with Gasteiger partial charge >= 0.3 is 79.6 Å². The van der Waals surface area contributed by atoms with Crippen LogP contribution in [0.3, 0.4) is 0 Å². The van der Waals surface area contributed by atoms with Gasteiger partial charge in [-0.05, 0) is 5.56 Å². The van der Waals surface area contributed by atoms with Crippen LogP contribution in [-0.4, -0.2) is 29.9 Å². The Hall–Kier alpha value is 0.735. The van der Waals surface area contributed by atoms with Gasteiger partial charge in [-0.1, -0.05) is 24.3 Å². The van der Waals surface area contributed by atoms with Crippen molar-refractivity contribution >= 4 is 21.6 Å². The molecule has 0 fully saturated rings. The van der Waals surface area contributed by atoms with Crippen LogP contribution in [0.15, 0.2) is 29.3 Å². The second-order valence-electron chi connectivity index (χ2n) is 2.83. The molecule has 0 unspecified atom stereocenters. The summed E-state index contributed by atoms with van der Waals surface area (Å²) in [5.41, 5.74) is 0.275. The van der Waals surface area contributed by atoms with Crippen molar-refractivity contribution in [2.75, 3.05) is 6.61 Å². The van der Waals surface area contributed by atoms with E-state index >= 15 is 0 Å². The Balaban J connectivity index is 0. The van der Waals surface area contributed by atoms with Gasteiger partial charge in [-0.2, -0.15) is 0 Å². The molecule has 1 aromatic rings. The van der Waals surface area contributed by atoms with E-state index in [-0.39, 0.29) is 62.7 Å². The Kier molecular flexibility index (Phi) is 14.9. The molecule has 96 valence electrons. The molecule has 0 aliphatic carbocycles. The van der Waals surface area contributed by atoms with Gasteiger partial charge in [0.05, 0.1) is 12.6 Å². The SMILES string of the molecule is O=C([O-])[C@H](CO)N=Cc1ccccc1[O-].[Cl][Pt+].[K+]. The van der Waals surface area contributed by atoms with Crippen molar-refractivity contribution in [2.45, 2.75) is 6.04 Å². The number of nitrogens with zero attached hydrogens (tertiary/aromatic N) is 1. The van der Waals surface area contributed by atoms with Crippen molar-refractivity contribution in [1.29, 1.82) is 0 Å². The van der Waals surface area contributed by atoms with E-state index in [2.05, 4.69) is 14.4 Å². The molecular weight excluding hydrogens is 468 g/mol. The Bertz CT molecular complexity index is 392. The Morgan fingerprint density at radius 1 is 1.50 bits per heavy atom. The molecule has 0 saturated heterocycles. The van der Waals surface area contributed by atoms with Gasteiger partial charge in [-0.15, -0.1) is 5.75 Å². The molecule has 1 atom stereocenters. The van der Waals surface area contributed by atoms with E-state index in [1.165, 1.54) is 12.1 Å². The minimum Gasteiger partial charge on any atom is 1.00 e. The average molecular weight is 477 g/mol. The zero-order valence-corrected chi connectivity index (χ0v) is 15.6. The molecule has 1 rings (SSSR count). The van der Waals surface area contributed by atoms with Crippen molar-refractivity contribution in [3.63, 3.8) is 0 Å². The maximum Gasteiger partial charge on any atom is 1.00 e. The Morgan fingerprint density at radius 3 is 2.50 bits per heavy atom. The minimum absolute atomic E-state index is 0. The number of para-hydroxylation sites is 1. The quantitative estimate of drug-likeness (QED) is 0.354. The maximum atomic E-state index is 11.2. The van der Waals surface area contributed by atoms with Crippen molar-refractivity contribution in [3.05, 3.63) is 29.8 Å². The van der Waals surface area contributed by atoms with Crippen LogP contribution < -0.4 is 61.6 Å². The first-order valence-corrected chi connectivity index (χ1v) is 7.19. The first-order chi connectivity index (χ1) is 8.15. The Labute approximate surface area is 163 Å².